The molecule has 1 heterocycles. The maximum atomic E-state index is 12.5. The van der Waals surface area contributed by atoms with E-state index < -0.39 is 12.7 Å². The van der Waals surface area contributed by atoms with Crippen LogP contribution in [-0.4, -0.2) is 23.7 Å². The van der Waals surface area contributed by atoms with Gasteiger partial charge in [0.1, 0.15) is 12.4 Å². The summed E-state index contributed by atoms with van der Waals surface area (Å²) < 4.78 is 37.5. The Morgan fingerprint density at radius 3 is 2.50 bits per heavy atom. The molecule has 0 saturated heterocycles. The standard InChI is InChI=1S/C11H15ClF3N3/c1-7(2)18(6-11(13,14)15)10-3-8(4-16)9(12)5-17-10/h3,5,7H,4,6,16H2,1-2H3. The van der Waals surface area contributed by atoms with Crippen LogP contribution >= 0.6 is 11.6 Å². The minimum Gasteiger partial charge on any atom is -0.345 e. The fraction of sp³-hybridized carbons (Fsp3) is 0.545. The summed E-state index contributed by atoms with van der Waals surface area (Å²) >= 11 is 5.83. The van der Waals surface area contributed by atoms with E-state index in [4.69, 9.17) is 17.3 Å². The molecule has 0 saturated carbocycles. The van der Waals surface area contributed by atoms with E-state index in [-0.39, 0.29) is 18.4 Å². The minimum atomic E-state index is -4.28. The van der Waals surface area contributed by atoms with Gasteiger partial charge in [0.15, 0.2) is 0 Å². The zero-order chi connectivity index (χ0) is 13.9. The Kier molecular flexibility index (Phi) is 4.81. The van der Waals surface area contributed by atoms with Crippen LogP contribution in [0.2, 0.25) is 5.02 Å². The number of hydrogen-bond acceptors (Lipinski definition) is 3. The van der Waals surface area contributed by atoms with Crippen LogP contribution in [0.1, 0.15) is 19.4 Å². The first-order valence-corrected chi connectivity index (χ1v) is 5.80. The number of nitrogens with zero attached hydrogens (tertiary/aromatic N) is 2. The summed E-state index contributed by atoms with van der Waals surface area (Å²) in [6, 6.07) is 1.17. The largest absolute Gasteiger partial charge is 0.405 e. The van der Waals surface area contributed by atoms with Crippen LogP contribution in [-0.2, 0) is 6.54 Å². The number of halogens is 4. The van der Waals surface area contributed by atoms with E-state index in [1.807, 2.05) is 0 Å². The second-order valence-electron chi connectivity index (χ2n) is 4.17. The fourth-order valence-corrected chi connectivity index (χ4v) is 1.68. The van der Waals surface area contributed by atoms with Crippen molar-refractivity contribution in [1.29, 1.82) is 0 Å². The van der Waals surface area contributed by atoms with Crippen molar-refractivity contribution in [3.05, 3.63) is 22.8 Å². The molecule has 0 atom stereocenters. The molecule has 1 aromatic rings. The molecule has 2 N–H and O–H groups in total. The summed E-state index contributed by atoms with van der Waals surface area (Å²) in [4.78, 5) is 5.09. The van der Waals surface area contributed by atoms with Crippen LogP contribution in [0, 0.1) is 0 Å². The quantitative estimate of drug-likeness (QED) is 0.922. The highest BCUT2D eigenvalue weighted by Gasteiger charge is 2.32. The van der Waals surface area contributed by atoms with E-state index in [0.29, 0.717) is 10.6 Å². The second kappa shape index (κ2) is 5.75. The Balaban J connectivity index is 3.06. The Morgan fingerprint density at radius 2 is 2.06 bits per heavy atom. The van der Waals surface area contributed by atoms with E-state index in [9.17, 15) is 13.2 Å². The maximum Gasteiger partial charge on any atom is 0.405 e. The first-order chi connectivity index (χ1) is 8.24. The molecule has 0 fully saturated rings. The van der Waals surface area contributed by atoms with Gasteiger partial charge in [-0.15, -0.1) is 0 Å². The number of pyridine rings is 1. The smallest absolute Gasteiger partial charge is 0.345 e. The van der Waals surface area contributed by atoms with Gasteiger partial charge in [-0.3, -0.25) is 0 Å². The van der Waals surface area contributed by atoms with Crippen LogP contribution in [0.5, 0.6) is 0 Å². The molecular formula is C11H15ClF3N3. The van der Waals surface area contributed by atoms with Crippen molar-refractivity contribution in [3.63, 3.8) is 0 Å². The summed E-state index contributed by atoms with van der Waals surface area (Å²) in [6.07, 6.45) is -2.96. The van der Waals surface area contributed by atoms with E-state index in [1.165, 1.54) is 12.3 Å². The van der Waals surface area contributed by atoms with Crippen LogP contribution < -0.4 is 10.6 Å². The molecule has 0 aliphatic carbocycles. The zero-order valence-electron chi connectivity index (χ0n) is 10.1. The fourth-order valence-electron chi connectivity index (χ4n) is 1.50. The lowest BCUT2D eigenvalue weighted by Crippen LogP contribution is -2.39. The maximum absolute atomic E-state index is 12.5. The highest BCUT2D eigenvalue weighted by molar-refractivity contribution is 6.31. The Bertz CT molecular complexity index is 407. The number of rotatable bonds is 4. The number of anilines is 1. The van der Waals surface area contributed by atoms with Gasteiger partial charge in [-0.05, 0) is 25.5 Å². The predicted molar refractivity (Wildman–Crippen MR) is 65.7 cm³/mol. The molecule has 1 rings (SSSR count). The van der Waals surface area contributed by atoms with Gasteiger partial charge in [0.05, 0.1) is 5.02 Å². The first kappa shape index (κ1) is 15.0. The summed E-state index contributed by atoms with van der Waals surface area (Å²) in [5, 5.41) is 0.358. The lowest BCUT2D eigenvalue weighted by atomic mass is 10.2. The molecule has 102 valence electrons. The third kappa shape index (κ3) is 4.03. The number of nitrogens with two attached hydrogens (primary N) is 1. The topological polar surface area (TPSA) is 42.1 Å². The van der Waals surface area contributed by atoms with Crippen molar-refractivity contribution in [1.82, 2.24) is 4.98 Å². The van der Waals surface area contributed by atoms with Gasteiger partial charge in [-0.2, -0.15) is 13.2 Å². The first-order valence-electron chi connectivity index (χ1n) is 5.42. The second-order valence-corrected chi connectivity index (χ2v) is 4.58. The van der Waals surface area contributed by atoms with E-state index in [1.54, 1.807) is 13.8 Å². The Morgan fingerprint density at radius 1 is 1.44 bits per heavy atom. The zero-order valence-corrected chi connectivity index (χ0v) is 10.9. The molecule has 0 spiro atoms. The molecule has 0 amide bonds. The van der Waals surface area contributed by atoms with Gasteiger partial charge in [0, 0.05) is 18.8 Å². The van der Waals surface area contributed by atoms with E-state index in [0.717, 1.165) is 4.90 Å². The SMILES string of the molecule is CC(C)N(CC(F)(F)F)c1cc(CN)c(Cl)cn1. The van der Waals surface area contributed by atoms with Crippen LogP contribution in [0.3, 0.4) is 0 Å². The predicted octanol–water partition coefficient (Wildman–Crippen LogP) is 2.97. The molecule has 0 aliphatic heterocycles. The molecule has 1 aromatic heterocycles. The van der Waals surface area contributed by atoms with Crippen LogP contribution in [0.25, 0.3) is 0 Å². The van der Waals surface area contributed by atoms with Gasteiger partial charge in [-0.25, -0.2) is 4.98 Å². The highest BCUT2D eigenvalue weighted by Crippen LogP contribution is 2.25. The molecule has 7 heteroatoms. The lowest BCUT2D eigenvalue weighted by molar-refractivity contribution is -0.120. The monoisotopic (exact) mass is 281 g/mol. The molecule has 18 heavy (non-hydrogen) atoms. The lowest BCUT2D eigenvalue weighted by Gasteiger charge is -2.29. The summed E-state index contributed by atoms with van der Waals surface area (Å²) in [5.74, 6) is 0.229. The number of hydrogen-bond donors (Lipinski definition) is 1. The molecule has 0 aromatic carbocycles. The third-order valence-electron chi connectivity index (χ3n) is 2.41. The Hall–Kier alpha value is -1.01. The summed E-state index contributed by atoms with van der Waals surface area (Å²) in [6.45, 7) is 2.45. The number of aromatic nitrogens is 1. The molecule has 0 aliphatic rings. The molecule has 0 radical (unpaired) electrons. The summed E-state index contributed by atoms with van der Waals surface area (Å²) in [7, 11) is 0. The van der Waals surface area contributed by atoms with Crippen molar-refractivity contribution in [3.8, 4) is 0 Å². The van der Waals surface area contributed by atoms with Crippen molar-refractivity contribution >= 4 is 17.4 Å². The van der Waals surface area contributed by atoms with Crippen LogP contribution in [0.4, 0.5) is 19.0 Å². The summed E-state index contributed by atoms with van der Waals surface area (Å²) in [5.41, 5.74) is 6.05. The van der Waals surface area contributed by atoms with Crippen molar-refractivity contribution in [2.45, 2.75) is 32.6 Å². The average Bonchev–Trinajstić information content (AvgIpc) is 2.25. The third-order valence-corrected chi connectivity index (χ3v) is 2.75. The van der Waals surface area contributed by atoms with Crippen molar-refractivity contribution in [2.24, 2.45) is 5.73 Å². The van der Waals surface area contributed by atoms with E-state index in [2.05, 4.69) is 4.98 Å². The van der Waals surface area contributed by atoms with Gasteiger partial charge < -0.3 is 10.6 Å². The van der Waals surface area contributed by atoms with Crippen molar-refractivity contribution < 1.29 is 13.2 Å². The number of alkyl halides is 3. The van der Waals surface area contributed by atoms with Gasteiger partial charge in [0.25, 0.3) is 0 Å². The van der Waals surface area contributed by atoms with Crippen molar-refractivity contribution in [2.75, 3.05) is 11.4 Å². The normalized spacial score (nSPS) is 12.0. The van der Waals surface area contributed by atoms with Crippen LogP contribution in [0.15, 0.2) is 12.3 Å². The molecular weight excluding hydrogens is 267 g/mol. The minimum absolute atomic E-state index is 0.159. The molecule has 0 bridgehead atoms. The molecule has 3 nitrogen and oxygen atoms in total. The molecule has 0 unspecified atom stereocenters. The van der Waals surface area contributed by atoms with Gasteiger partial charge in [0.2, 0.25) is 0 Å². The van der Waals surface area contributed by atoms with Gasteiger partial charge in [-0.1, -0.05) is 11.6 Å². The van der Waals surface area contributed by atoms with Gasteiger partial charge >= 0.3 is 6.18 Å². The van der Waals surface area contributed by atoms with E-state index >= 15 is 0 Å². The Labute approximate surface area is 109 Å². The highest BCUT2D eigenvalue weighted by atomic mass is 35.5. The average molecular weight is 282 g/mol.